The van der Waals surface area contributed by atoms with Crippen LogP contribution in [0, 0.1) is 6.92 Å². The summed E-state index contributed by atoms with van der Waals surface area (Å²) in [5.41, 5.74) is 7.60. The van der Waals surface area contributed by atoms with E-state index >= 15 is 0 Å². The van der Waals surface area contributed by atoms with Crippen LogP contribution in [0.4, 0.5) is 5.69 Å². The lowest BCUT2D eigenvalue weighted by molar-refractivity contribution is 0.600. The second-order valence-corrected chi connectivity index (χ2v) is 7.69. The molecule has 0 amide bonds. The summed E-state index contributed by atoms with van der Waals surface area (Å²) in [6.45, 7) is 2.10. The van der Waals surface area contributed by atoms with E-state index in [1.807, 2.05) is 13.0 Å². The lowest BCUT2D eigenvalue weighted by atomic mass is 10.1. The number of aryl methyl sites for hydroxylation is 1. The number of rotatable bonds is 4. The van der Waals surface area contributed by atoms with E-state index in [0.29, 0.717) is 14.6 Å². The molecule has 21 heavy (non-hydrogen) atoms. The van der Waals surface area contributed by atoms with Crippen LogP contribution in [-0.2, 0) is 16.6 Å². The first-order valence-corrected chi connectivity index (χ1v) is 9.03. The van der Waals surface area contributed by atoms with E-state index in [1.165, 1.54) is 12.4 Å². The topological polar surface area (TPSA) is 85.1 Å². The van der Waals surface area contributed by atoms with Gasteiger partial charge in [-0.15, -0.1) is 0 Å². The van der Waals surface area contributed by atoms with Crippen molar-refractivity contribution in [2.45, 2.75) is 18.4 Å². The molecule has 0 aliphatic heterocycles. The van der Waals surface area contributed by atoms with Crippen molar-refractivity contribution in [3.05, 3.63) is 50.7 Å². The van der Waals surface area contributed by atoms with E-state index < -0.39 is 10.0 Å². The number of hydrogen-bond acceptors (Lipinski definition) is 4. The third kappa shape index (κ3) is 3.63. The highest BCUT2D eigenvalue weighted by atomic mass is 79.9. The number of benzene rings is 1. The fraction of sp³-hybridized carbons (Fsp3) is 0.154. The highest BCUT2D eigenvalue weighted by molar-refractivity contribution is 9.11. The molecule has 3 N–H and O–H groups in total. The van der Waals surface area contributed by atoms with E-state index in [0.717, 1.165) is 11.1 Å². The molecule has 0 aliphatic carbocycles. The van der Waals surface area contributed by atoms with Crippen LogP contribution < -0.4 is 10.5 Å². The predicted octanol–water partition coefficient (Wildman–Crippen LogP) is 3.17. The zero-order valence-corrected chi connectivity index (χ0v) is 15.1. The molecule has 112 valence electrons. The quantitative estimate of drug-likeness (QED) is 0.773. The molecular weight excluding hydrogens is 422 g/mol. The molecule has 0 bridgehead atoms. The van der Waals surface area contributed by atoms with Crippen LogP contribution >= 0.6 is 31.9 Å². The summed E-state index contributed by atoms with van der Waals surface area (Å²) < 4.78 is 28.8. The SMILES string of the molecule is Cc1cc(CN)cc(S(=O)(=O)Nc2ccncc2Br)c1Br. The lowest BCUT2D eigenvalue weighted by Crippen LogP contribution is -2.15. The standard InChI is InChI=1S/C13H13Br2N3O2S/c1-8-4-9(6-16)5-12(13(8)15)21(19,20)18-11-2-3-17-7-10(11)14/h2-5,7H,6,16H2,1H3,(H,17,18). The molecule has 1 aromatic carbocycles. The van der Waals surface area contributed by atoms with Crippen LogP contribution in [-0.4, -0.2) is 13.4 Å². The molecule has 1 aromatic heterocycles. The Balaban J connectivity index is 2.50. The number of halogens is 2. The molecule has 0 saturated heterocycles. The molecule has 0 unspecified atom stereocenters. The second kappa shape index (κ2) is 6.43. The first kappa shape index (κ1) is 16.4. The van der Waals surface area contributed by atoms with Crippen LogP contribution in [0.25, 0.3) is 0 Å². The van der Waals surface area contributed by atoms with Crippen molar-refractivity contribution in [2.75, 3.05) is 4.72 Å². The molecule has 2 aromatic rings. The molecule has 0 saturated carbocycles. The molecule has 0 spiro atoms. The van der Waals surface area contributed by atoms with E-state index in [-0.39, 0.29) is 11.4 Å². The largest absolute Gasteiger partial charge is 0.326 e. The second-order valence-electron chi connectivity index (χ2n) is 4.39. The lowest BCUT2D eigenvalue weighted by Gasteiger charge is -2.13. The molecular formula is C13H13Br2N3O2S. The van der Waals surface area contributed by atoms with Gasteiger partial charge in [0.15, 0.2) is 0 Å². The van der Waals surface area contributed by atoms with Crippen molar-refractivity contribution in [1.82, 2.24) is 4.98 Å². The van der Waals surface area contributed by atoms with Gasteiger partial charge in [0.05, 0.1) is 10.2 Å². The van der Waals surface area contributed by atoms with Crippen LogP contribution in [0.1, 0.15) is 11.1 Å². The van der Waals surface area contributed by atoms with Gasteiger partial charge < -0.3 is 5.73 Å². The number of sulfonamides is 1. The van der Waals surface area contributed by atoms with Crippen LogP contribution in [0.3, 0.4) is 0 Å². The summed E-state index contributed by atoms with van der Waals surface area (Å²) in [5.74, 6) is 0. The maximum Gasteiger partial charge on any atom is 0.263 e. The van der Waals surface area contributed by atoms with E-state index in [9.17, 15) is 8.42 Å². The van der Waals surface area contributed by atoms with Crippen molar-refractivity contribution in [3.63, 3.8) is 0 Å². The summed E-state index contributed by atoms with van der Waals surface area (Å²) in [6, 6.07) is 5.00. The average Bonchev–Trinajstić information content (AvgIpc) is 2.43. The summed E-state index contributed by atoms with van der Waals surface area (Å²) >= 11 is 6.59. The van der Waals surface area contributed by atoms with Crippen LogP contribution in [0.15, 0.2) is 44.4 Å². The highest BCUT2D eigenvalue weighted by Gasteiger charge is 2.20. The van der Waals surface area contributed by atoms with Gasteiger partial charge in [0.25, 0.3) is 10.0 Å². The predicted molar refractivity (Wildman–Crippen MR) is 89.5 cm³/mol. The Kier molecular flexibility index (Phi) is 5.03. The molecule has 0 fully saturated rings. The van der Waals surface area contributed by atoms with Crippen LogP contribution in [0.2, 0.25) is 0 Å². The maximum atomic E-state index is 12.6. The Morgan fingerprint density at radius 1 is 1.33 bits per heavy atom. The van der Waals surface area contributed by atoms with E-state index in [1.54, 1.807) is 12.1 Å². The summed E-state index contributed by atoms with van der Waals surface area (Å²) in [7, 11) is -3.73. The van der Waals surface area contributed by atoms with Crippen molar-refractivity contribution < 1.29 is 8.42 Å². The van der Waals surface area contributed by atoms with Crippen molar-refractivity contribution in [1.29, 1.82) is 0 Å². The minimum Gasteiger partial charge on any atom is -0.326 e. The van der Waals surface area contributed by atoms with Crippen molar-refractivity contribution in [2.24, 2.45) is 5.73 Å². The average molecular weight is 435 g/mol. The third-order valence-electron chi connectivity index (χ3n) is 2.82. The van der Waals surface area contributed by atoms with Gasteiger partial charge in [0.1, 0.15) is 4.90 Å². The Morgan fingerprint density at radius 2 is 2.05 bits per heavy atom. The maximum absolute atomic E-state index is 12.6. The van der Waals surface area contributed by atoms with Gasteiger partial charge in [-0.1, -0.05) is 6.07 Å². The van der Waals surface area contributed by atoms with Gasteiger partial charge in [0, 0.05) is 23.4 Å². The van der Waals surface area contributed by atoms with Crippen molar-refractivity contribution in [3.8, 4) is 0 Å². The number of anilines is 1. The molecule has 2 rings (SSSR count). The Hall–Kier alpha value is -0.960. The number of nitrogens with two attached hydrogens (primary N) is 1. The number of pyridine rings is 1. The summed E-state index contributed by atoms with van der Waals surface area (Å²) in [4.78, 5) is 4.06. The Bertz CT molecular complexity index is 779. The normalized spacial score (nSPS) is 11.4. The van der Waals surface area contributed by atoms with Gasteiger partial charge >= 0.3 is 0 Å². The molecule has 5 nitrogen and oxygen atoms in total. The molecule has 0 aliphatic rings. The summed E-state index contributed by atoms with van der Waals surface area (Å²) in [5, 5.41) is 0. The van der Waals surface area contributed by atoms with Gasteiger partial charge in [-0.05, 0) is 62.0 Å². The number of nitrogens with one attached hydrogen (secondary N) is 1. The minimum atomic E-state index is -3.73. The van der Waals surface area contributed by atoms with Gasteiger partial charge in [-0.2, -0.15) is 0 Å². The van der Waals surface area contributed by atoms with Crippen LogP contribution in [0.5, 0.6) is 0 Å². The number of aromatic nitrogens is 1. The first-order chi connectivity index (χ1) is 9.85. The summed E-state index contributed by atoms with van der Waals surface area (Å²) in [6.07, 6.45) is 3.04. The smallest absolute Gasteiger partial charge is 0.263 e. The minimum absolute atomic E-state index is 0.159. The molecule has 0 radical (unpaired) electrons. The number of nitrogens with zero attached hydrogens (tertiary/aromatic N) is 1. The van der Waals surface area contributed by atoms with Crippen molar-refractivity contribution >= 4 is 47.6 Å². The third-order valence-corrected chi connectivity index (χ3v) is 6.16. The monoisotopic (exact) mass is 433 g/mol. The van der Waals surface area contributed by atoms with Gasteiger partial charge in [-0.3, -0.25) is 9.71 Å². The van der Waals surface area contributed by atoms with E-state index in [2.05, 4.69) is 41.6 Å². The fourth-order valence-corrected chi connectivity index (χ4v) is 4.41. The molecule has 8 heteroatoms. The zero-order chi connectivity index (χ0) is 15.6. The fourth-order valence-electron chi connectivity index (χ4n) is 1.78. The molecule has 0 atom stereocenters. The van der Waals surface area contributed by atoms with E-state index in [4.69, 9.17) is 5.73 Å². The first-order valence-electron chi connectivity index (χ1n) is 5.96. The number of hydrogen-bond donors (Lipinski definition) is 2. The Morgan fingerprint density at radius 3 is 2.67 bits per heavy atom. The highest BCUT2D eigenvalue weighted by Crippen LogP contribution is 2.30. The molecule has 1 heterocycles. The van der Waals surface area contributed by atoms with Gasteiger partial charge in [-0.25, -0.2) is 8.42 Å². The van der Waals surface area contributed by atoms with Gasteiger partial charge in [0.2, 0.25) is 0 Å². The Labute approximate surface area is 140 Å². The zero-order valence-electron chi connectivity index (χ0n) is 11.1.